The van der Waals surface area contributed by atoms with Crippen molar-refractivity contribution in [2.75, 3.05) is 6.54 Å². The number of hydrogen-bond acceptors (Lipinski definition) is 3. The van der Waals surface area contributed by atoms with Crippen molar-refractivity contribution < 1.29 is 8.42 Å². The topological polar surface area (TPSA) is 49.4 Å². The van der Waals surface area contributed by atoms with E-state index >= 15 is 0 Å². The molecule has 5 heteroatoms. The largest absolute Gasteiger partial charge is 0.310 e. The average molecular weight is 361 g/mol. The Kier molecular flexibility index (Phi) is 6.76. The van der Waals surface area contributed by atoms with Crippen molar-refractivity contribution in [2.24, 2.45) is 0 Å². The molecule has 0 aromatic heterocycles. The molecule has 136 valence electrons. The number of nitrogens with one attached hydrogen (secondary N) is 1. The molecule has 0 heterocycles. The normalized spacial score (nSPS) is 12.1. The van der Waals surface area contributed by atoms with Crippen LogP contribution in [0.2, 0.25) is 0 Å². The zero-order valence-corrected chi connectivity index (χ0v) is 16.3. The van der Waals surface area contributed by atoms with Gasteiger partial charge in [0.05, 0.1) is 4.90 Å². The van der Waals surface area contributed by atoms with Crippen LogP contribution >= 0.6 is 0 Å². The summed E-state index contributed by atoms with van der Waals surface area (Å²) in [6, 6.07) is 15.6. The summed E-state index contributed by atoms with van der Waals surface area (Å²) in [5, 5.41) is 3.36. The SMILES string of the molecule is CCN(Cc1ccccc1)S(=O)(=O)c1cccc(CNC(C)C)c1C. The fourth-order valence-electron chi connectivity index (χ4n) is 2.74. The predicted molar refractivity (Wildman–Crippen MR) is 103 cm³/mol. The van der Waals surface area contributed by atoms with Crippen LogP contribution in [0.5, 0.6) is 0 Å². The van der Waals surface area contributed by atoms with Gasteiger partial charge < -0.3 is 5.32 Å². The van der Waals surface area contributed by atoms with Gasteiger partial charge in [0.15, 0.2) is 0 Å². The Morgan fingerprint density at radius 3 is 2.32 bits per heavy atom. The molecule has 0 amide bonds. The second-order valence-corrected chi connectivity index (χ2v) is 8.40. The van der Waals surface area contributed by atoms with Gasteiger partial charge in [0, 0.05) is 25.7 Å². The van der Waals surface area contributed by atoms with Crippen molar-refractivity contribution in [1.29, 1.82) is 0 Å². The predicted octanol–water partition coefficient (Wildman–Crippen LogP) is 3.70. The van der Waals surface area contributed by atoms with Gasteiger partial charge in [-0.15, -0.1) is 0 Å². The van der Waals surface area contributed by atoms with Crippen LogP contribution in [0.3, 0.4) is 0 Å². The molecule has 4 nitrogen and oxygen atoms in total. The number of benzene rings is 2. The summed E-state index contributed by atoms with van der Waals surface area (Å²) in [6.45, 7) is 9.40. The van der Waals surface area contributed by atoms with Crippen molar-refractivity contribution in [2.45, 2.75) is 51.7 Å². The van der Waals surface area contributed by atoms with Gasteiger partial charge in [-0.2, -0.15) is 4.31 Å². The van der Waals surface area contributed by atoms with Crippen molar-refractivity contribution in [3.63, 3.8) is 0 Å². The minimum absolute atomic E-state index is 0.352. The first-order chi connectivity index (χ1) is 11.9. The summed E-state index contributed by atoms with van der Waals surface area (Å²) in [6.07, 6.45) is 0. The van der Waals surface area contributed by atoms with Crippen molar-refractivity contribution >= 4 is 10.0 Å². The van der Waals surface area contributed by atoms with E-state index in [1.807, 2.05) is 56.3 Å². The molecule has 0 bridgehead atoms. The van der Waals surface area contributed by atoms with E-state index in [0.717, 1.165) is 16.7 Å². The van der Waals surface area contributed by atoms with Crippen molar-refractivity contribution in [1.82, 2.24) is 9.62 Å². The lowest BCUT2D eigenvalue weighted by molar-refractivity contribution is 0.423. The molecule has 2 aromatic rings. The fraction of sp³-hybridized carbons (Fsp3) is 0.400. The van der Waals surface area contributed by atoms with Gasteiger partial charge >= 0.3 is 0 Å². The highest BCUT2D eigenvalue weighted by molar-refractivity contribution is 7.89. The van der Waals surface area contributed by atoms with E-state index < -0.39 is 10.0 Å². The Morgan fingerprint density at radius 1 is 1.04 bits per heavy atom. The zero-order valence-electron chi connectivity index (χ0n) is 15.5. The Balaban J connectivity index is 2.32. The third-order valence-corrected chi connectivity index (χ3v) is 6.33. The van der Waals surface area contributed by atoms with E-state index in [1.165, 1.54) is 4.31 Å². The van der Waals surface area contributed by atoms with Gasteiger partial charge in [0.2, 0.25) is 10.0 Å². The molecule has 0 unspecified atom stereocenters. The van der Waals surface area contributed by atoms with E-state index in [0.29, 0.717) is 30.6 Å². The molecule has 2 aromatic carbocycles. The van der Waals surface area contributed by atoms with Gasteiger partial charge in [-0.3, -0.25) is 0 Å². The first-order valence-electron chi connectivity index (χ1n) is 8.72. The van der Waals surface area contributed by atoms with Crippen LogP contribution in [-0.4, -0.2) is 25.3 Å². The molecular weight excluding hydrogens is 332 g/mol. The first-order valence-corrected chi connectivity index (χ1v) is 10.2. The molecule has 0 saturated carbocycles. The highest BCUT2D eigenvalue weighted by Gasteiger charge is 2.25. The maximum atomic E-state index is 13.2. The molecular formula is C20H28N2O2S. The number of sulfonamides is 1. The maximum Gasteiger partial charge on any atom is 0.243 e. The maximum absolute atomic E-state index is 13.2. The quantitative estimate of drug-likeness (QED) is 0.781. The minimum atomic E-state index is -3.54. The van der Waals surface area contributed by atoms with E-state index in [2.05, 4.69) is 19.2 Å². The molecule has 0 aliphatic heterocycles. The lowest BCUT2D eigenvalue weighted by Gasteiger charge is -2.23. The van der Waals surface area contributed by atoms with E-state index in [9.17, 15) is 8.42 Å². The average Bonchev–Trinajstić information content (AvgIpc) is 2.59. The van der Waals surface area contributed by atoms with Crippen LogP contribution in [-0.2, 0) is 23.1 Å². The van der Waals surface area contributed by atoms with Crippen LogP contribution < -0.4 is 5.32 Å². The van der Waals surface area contributed by atoms with Crippen LogP contribution in [0.15, 0.2) is 53.4 Å². The van der Waals surface area contributed by atoms with Crippen LogP contribution in [0.4, 0.5) is 0 Å². The highest BCUT2D eigenvalue weighted by atomic mass is 32.2. The summed E-state index contributed by atoms with van der Waals surface area (Å²) in [5.74, 6) is 0. The molecule has 2 rings (SSSR count). The zero-order chi connectivity index (χ0) is 18.4. The van der Waals surface area contributed by atoms with E-state index in [1.54, 1.807) is 6.07 Å². The lowest BCUT2D eigenvalue weighted by Crippen LogP contribution is -2.31. The molecule has 0 aliphatic carbocycles. The molecule has 0 aliphatic rings. The Hall–Kier alpha value is -1.69. The van der Waals surface area contributed by atoms with E-state index in [4.69, 9.17) is 0 Å². The first kappa shape index (κ1) is 19.6. The van der Waals surface area contributed by atoms with Crippen molar-refractivity contribution in [3.05, 3.63) is 65.2 Å². The number of hydrogen-bond donors (Lipinski definition) is 1. The van der Waals surface area contributed by atoms with Gasteiger partial charge in [-0.25, -0.2) is 8.42 Å². The van der Waals surface area contributed by atoms with Gasteiger partial charge in [0.1, 0.15) is 0 Å². The molecule has 0 saturated heterocycles. The van der Waals surface area contributed by atoms with Crippen LogP contribution in [0, 0.1) is 6.92 Å². The van der Waals surface area contributed by atoms with E-state index in [-0.39, 0.29) is 0 Å². The summed E-state index contributed by atoms with van der Waals surface area (Å²) in [4.78, 5) is 0.397. The third kappa shape index (κ3) is 4.91. The molecule has 0 radical (unpaired) electrons. The molecule has 0 atom stereocenters. The Bertz CT molecular complexity index is 787. The highest BCUT2D eigenvalue weighted by Crippen LogP contribution is 2.24. The smallest absolute Gasteiger partial charge is 0.243 e. The van der Waals surface area contributed by atoms with Gasteiger partial charge in [-0.1, -0.05) is 63.2 Å². The lowest BCUT2D eigenvalue weighted by atomic mass is 10.1. The number of rotatable bonds is 8. The summed E-state index contributed by atoms with van der Waals surface area (Å²) in [7, 11) is -3.54. The molecule has 1 N–H and O–H groups in total. The summed E-state index contributed by atoms with van der Waals surface area (Å²) < 4.78 is 27.9. The van der Waals surface area contributed by atoms with Crippen LogP contribution in [0.1, 0.15) is 37.5 Å². The van der Waals surface area contributed by atoms with Crippen LogP contribution in [0.25, 0.3) is 0 Å². The summed E-state index contributed by atoms with van der Waals surface area (Å²) in [5.41, 5.74) is 2.83. The van der Waals surface area contributed by atoms with Gasteiger partial charge in [0.25, 0.3) is 0 Å². The fourth-order valence-corrected chi connectivity index (χ4v) is 4.44. The third-order valence-electron chi connectivity index (χ3n) is 4.27. The Labute approximate surface area is 151 Å². The minimum Gasteiger partial charge on any atom is -0.310 e. The standard InChI is InChI=1S/C20H28N2O2S/c1-5-22(15-18-10-7-6-8-11-18)25(23,24)20-13-9-12-19(17(20)4)14-21-16(2)3/h6-13,16,21H,5,14-15H2,1-4H3. The second kappa shape index (κ2) is 8.61. The van der Waals surface area contributed by atoms with Gasteiger partial charge in [-0.05, 0) is 29.7 Å². The Morgan fingerprint density at radius 2 is 1.72 bits per heavy atom. The summed E-state index contributed by atoms with van der Waals surface area (Å²) >= 11 is 0. The molecule has 0 spiro atoms. The molecule has 25 heavy (non-hydrogen) atoms. The second-order valence-electron chi connectivity index (χ2n) is 6.49. The van der Waals surface area contributed by atoms with Crippen molar-refractivity contribution in [3.8, 4) is 0 Å². The monoisotopic (exact) mass is 360 g/mol. The number of nitrogens with zero attached hydrogens (tertiary/aromatic N) is 1. The molecule has 0 fully saturated rings.